The molecule has 1 aliphatic heterocycles. The van der Waals surface area contributed by atoms with E-state index in [4.69, 9.17) is 30.5 Å². The Morgan fingerprint density at radius 1 is 1.12 bits per heavy atom. The molecule has 2 fully saturated rings. The summed E-state index contributed by atoms with van der Waals surface area (Å²) in [5, 5.41) is 3.73. The fraction of sp³-hybridized carbons (Fsp3) is 0.391. The molecule has 0 bridgehead atoms. The summed E-state index contributed by atoms with van der Waals surface area (Å²) in [6.45, 7) is 1.29. The number of hydrogen-bond acceptors (Lipinski definition) is 7. The molecule has 5 rings (SSSR count). The standard InChI is InChI=1S/C23H23ClFN3O4/c1-29-19-12-18-15(22(27-13-26-18)28-17-4-2-3-16(24)21(17)25)11-20(19)32-14-5-7-23(8-6-14)30-9-10-31-23/h2-4,11-14H,5-10H2,1H3,(H,26,27,28). The Hall–Kier alpha value is -2.68. The van der Waals surface area contributed by atoms with Crippen molar-refractivity contribution in [3.8, 4) is 11.5 Å². The number of fused-ring (bicyclic) bond motifs is 1. The largest absolute Gasteiger partial charge is 0.493 e. The summed E-state index contributed by atoms with van der Waals surface area (Å²) < 4.78 is 37.9. The average molecular weight is 460 g/mol. The Morgan fingerprint density at radius 3 is 2.66 bits per heavy atom. The van der Waals surface area contributed by atoms with Crippen LogP contribution in [0, 0.1) is 5.82 Å². The van der Waals surface area contributed by atoms with Crippen molar-refractivity contribution in [3.05, 3.63) is 47.5 Å². The van der Waals surface area contributed by atoms with Crippen LogP contribution >= 0.6 is 11.6 Å². The third-order valence-corrected chi connectivity index (χ3v) is 6.22. The van der Waals surface area contributed by atoms with Gasteiger partial charge in [-0.2, -0.15) is 0 Å². The zero-order valence-electron chi connectivity index (χ0n) is 17.6. The third-order valence-electron chi connectivity index (χ3n) is 5.93. The van der Waals surface area contributed by atoms with Crippen molar-refractivity contribution >= 4 is 34.0 Å². The van der Waals surface area contributed by atoms with Crippen LogP contribution in [0.15, 0.2) is 36.7 Å². The number of anilines is 2. The smallest absolute Gasteiger partial charge is 0.168 e. The van der Waals surface area contributed by atoms with E-state index in [0.29, 0.717) is 41.4 Å². The van der Waals surface area contributed by atoms with Gasteiger partial charge >= 0.3 is 0 Å². The lowest BCUT2D eigenvalue weighted by Gasteiger charge is -2.35. The number of hydrogen-bond donors (Lipinski definition) is 1. The normalized spacial score (nSPS) is 18.2. The van der Waals surface area contributed by atoms with Crippen molar-refractivity contribution < 1.29 is 23.3 Å². The highest BCUT2D eigenvalue weighted by atomic mass is 35.5. The maximum Gasteiger partial charge on any atom is 0.168 e. The molecule has 2 aromatic carbocycles. The first kappa shape index (κ1) is 21.2. The molecule has 32 heavy (non-hydrogen) atoms. The van der Waals surface area contributed by atoms with Crippen molar-refractivity contribution in [1.82, 2.24) is 9.97 Å². The molecule has 0 unspecified atom stereocenters. The number of nitrogens with zero attached hydrogens (tertiary/aromatic N) is 2. The molecule has 1 saturated carbocycles. The molecule has 2 heterocycles. The first-order chi connectivity index (χ1) is 15.6. The second-order valence-electron chi connectivity index (χ2n) is 7.89. The second kappa shape index (κ2) is 8.69. The minimum atomic E-state index is -0.543. The molecule has 1 aliphatic carbocycles. The molecule has 3 aromatic rings. The Kier molecular flexibility index (Phi) is 5.75. The lowest BCUT2D eigenvalue weighted by atomic mass is 9.92. The lowest BCUT2D eigenvalue weighted by molar-refractivity contribution is -0.186. The molecule has 0 atom stereocenters. The lowest BCUT2D eigenvalue weighted by Crippen LogP contribution is -2.38. The van der Waals surface area contributed by atoms with Crippen molar-refractivity contribution in [2.24, 2.45) is 0 Å². The predicted molar refractivity (Wildman–Crippen MR) is 118 cm³/mol. The van der Waals surface area contributed by atoms with Gasteiger partial charge in [-0.15, -0.1) is 0 Å². The van der Waals surface area contributed by atoms with E-state index in [1.54, 1.807) is 25.3 Å². The third kappa shape index (κ3) is 4.05. The summed E-state index contributed by atoms with van der Waals surface area (Å²) in [4.78, 5) is 8.63. The SMILES string of the molecule is COc1cc2ncnc(Nc3cccc(Cl)c3F)c2cc1OC1CCC2(CC1)OCCO2. The van der Waals surface area contributed by atoms with E-state index >= 15 is 0 Å². The predicted octanol–water partition coefficient (Wildman–Crippen LogP) is 5.24. The zero-order valence-corrected chi connectivity index (χ0v) is 18.3. The van der Waals surface area contributed by atoms with Crippen molar-refractivity contribution in [1.29, 1.82) is 0 Å². The van der Waals surface area contributed by atoms with Crippen LogP contribution in [-0.2, 0) is 9.47 Å². The molecule has 0 amide bonds. The van der Waals surface area contributed by atoms with Gasteiger partial charge in [0.2, 0.25) is 0 Å². The van der Waals surface area contributed by atoms with Gasteiger partial charge in [-0.1, -0.05) is 17.7 Å². The minimum Gasteiger partial charge on any atom is -0.493 e. The summed E-state index contributed by atoms with van der Waals surface area (Å²) in [5.41, 5.74) is 0.870. The number of methoxy groups -OCH3 is 1. The van der Waals surface area contributed by atoms with Crippen LogP contribution in [0.1, 0.15) is 25.7 Å². The highest BCUT2D eigenvalue weighted by Gasteiger charge is 2.41. The van der Waals surface area contributed by atoms with E-state index in [2.05, 4.69) is 15.3 Å². The summed E-state index contributed by atoms with van der Waals surface area (Å²) in [7, 11) is 1.59. The minimum absolute atomic E-state index is 0.00573. The average Bonchev–Trinajstić information content (AvgIpc) is 3.26. The summed E-state index contributed by atoms with van der Waals surface area (Å²) in [6.07, 6.45) is 4.62. The molecule has 1 spiro atoms. The molecule has 0 radical (unpaired) electrons. The topological polar surface area (TPSA) is 74.7 Å². The van der Waals surface area contributed by atoms with Gasteiger partial charge in [-0.05, 0) is 31.0 Å². The number of aromatic nitrogens is 2. The van der Waals surface area contributed by atoms with E-state index in [-0.39, 0.29) is 16.8 Å². The monoisotopic (exact) mass is 459 g/mol. The number of halogens is 2. The van der Waals surface area contributed by atoms with Gasteiger partial charge in [-0.3, -0.25) is 0 Å². The van der Waals surface area contributed by atoms with Gasteiger partial charge in [0.25, 0.3) is 0 Å². The highest BCUT2D eigenvalue weighted by molar-refractivity contribution is 6.31. The van der Waals surface area contributed by atoms with E-state index in [0.717, 1.165) is 25.7 Å². The number of rotatable bonds is 5. The van der Waals surface area contributed by atoms with Gasteiger partial charge in [0.05, 0.1) is 42.7 Å². The Morgan fingerprint density at radius 2 is 1.91 bits per heavy atom. The van der Waals surface area contributed by atoms with Crippen molar-refractivity contribution in [2.45, 2.75) is 37.6 Å². The molecule has 1 saturated heterocycles. The maximum atomic E-state index is 14.4. The number of ether oxygens (including phenoxy) is 4. The number of nitrogens with one attached hydrogen (secondary N) is 1. The van der Waals surface area contributed by atoms with E-state index in [9.17, 15) is 4.39 Å². The molecule has 9 heteroatoms. The highest BCUT2D eigenvalue weighted by Crippen LogP contribution is 2.40. The van der Waals surface area contributed by atoms with Crippen LogP contribution < -0.4 is 14.8 Å². The van der Waals surface area contributed by atoms with Crippen LogP contribution in [0.3, 0.4) is 0 Å². The number of benzene rings is 2. The first-order valence-electron chi connectivity index (χ1n) is 10.6. The molecule has 168 valence electrons. The fourth-order valence-electron chi connectivity index (χ4n) is 4.26. The van der Waals surface area contributed by atoms with Gasteiger partial charge in [0.1, 0.15) is 12.1 Å². The summed E-state index contributed by atoms with van der Waals surface area (Å²) in [6, 6.07) is 8.38. The summed E-state index contributed by atoms with van der Waals surface area (Å²) in [5.74, 6) is 0.611. The quantitative estimate of drug-likeness (QED) is 0.559. The van der Waals surface area contributed by atoms with Gasteiger partial charge in [0, 0.05) is 24.3 Å². The molecule has 1 aromatic heterocycles. The summed E-state index contributed by atoms with van der Waals surface area (Å²) >= 11 is 5.91. The van der Waals surface area contributed by atoms with Gasteiger partial charge in [-0.25, -0.2) is 14.4 Å². The zero-order chi connectivity index (χ0) is 22.1. The van der Waals surface area contributed by atoms with E-state index in [1.807, 2.05) is 6.07 Å². The Bertz CT molecular complexity index is 1130. The second-order valence-corrected chi connectivity index (χ2v) is 8.30. The van der Waals surface area contributed by atoms with Crippen molar-refractivity contribution in [3.63, 3.8) is 0 Å². The van der Waals surface area contributed by atoms with Crippen LogP contribution in [0.2, 0.25) is 5.02 Å². The van der Waals surface area contributed by atoms with Crippen LogP contribution in [-0.4, -0.2) is 42.2 Å². The van der Waals surface area contributed by atoms with E-state index in [1.165, 1.54) is 12.4 Å². The Balaban J connectivity index is 1.42. The Labute approximate surface area is 189 Å². The maximum absolute atomic E-state index is 14.4. The fourth-order valence-corrected chi connectivity index (χ4v) is 4.43. The van der Waals surface area contributed by atoms with Crippen LogP contribution in [0.4, 0.5) is 15.9 Å². The van der Waals surface area contributed by atoms with E-state index < -0.39 is 11.6 Å². The van der Waals surface area contributed by atoms with Gasteiger partial charge in [0.15, 0.2) is 23.1 Å². The molecular formula is C23H23ClFN3O4. The molecule has 7 nitrogen and oxygen atoms in total. The first-order valence-corrected chi connectivity index (χ1v) is 10.9. The molecule has 1 N–H and O–H groups in total. The van der Waals surface area contributed by atoms with Crippen molar-refractivity contribution in [2.75, 3.05) is 25.6 Å². The molecule has 2 aliphatic rings. The molecular weight excluding hydrogens is 437 g/mol. The van der Waals surface area contributed by atoms with Crippen LogP contribution in [0.25, 0.3) is 10.9 Å². The van der Waals surface area contributed by atoms with Crippen LogP contribution in [0.5, 0.6) is 11.5 Å². The van der Waals surface area contributed by atoms with Gasteiger partial charge < -0.3 is 24.3 Å².